The molecule has 1 saturated carbocycles. The highest BCUT2D eigenvalue weighted by Gasteiger charge is 2.57. The Hall–Kier alpha value is -2.77. The summed E-state index contributed by atoms with van der Waals surface area (Å²) < 4.78 is 37.6. The summed E-state index contributed by atoms with van der Waals surface area (Å²) in [5, 5.41) is 0. The molecule has 2 aliphatic rings. The van der Waals surface area contributed by atoms with Gasteiger partial charge in [0.2, 0.25) is 11.8 Å². The summed E-state index contributed by atoms with van der Waals surface area (Å²) in [6, 6.07) is 9.47. The number of nitrogens with zero attached hydrogens (tertiary/aromatic N) is 3. The standard InChI is InChI=1S/C23H27F2N3O3/c1-15(11-16(2)29)17-3-5-19(6-4-17)31-20-8-10-28(13-20)22-26-9-7-21(27-22)30-14-18-12-23(18,24)25/h3-7,9,15,18,20H,8,10-14H2,1-2H3/t15-,18?,20-/m1/s1. The van der Waals surface area contributed by atoms with Gasteiger partial charge in [0.25, 0.3) is 5.92 Å². The Labute approximate surface area is 180 Å². The first-order valence-corrected chi connectivity index (χ1v) is 10.6. The van der Waals surface area contributed by atoms with Crippen LogP contribution in [0.25, 0.3) is 0 Å². The zero-order valence-electron chi connectivity index (χ0n) is 17.8. The van der Waals surface area contributed by atoms with Crippen LogP contribution >= 0.6 is 0 Å². The van der Waals surface area contributed by atoms with Crippen molar-refractivity contribution in [2.24, 2.45) is 5.92 Å². The van der Waals surface area contributed by atoms with Gasteiger partial charge in [-0.15, -0.1) is 0 Å². The van der Waals surface area contributed by atoms with Crippen molar-refractivity contribution in [3.05, 3.63) is 42.1 Å². The maximum Gasteiger partial charge on any atom is 0.255 e. The fourth-order valence-electron chi connectivity index (χ4n) is 3.82. The Morgan fingerprint density at radius 2 is 2.03 bits per heavy atom. The second kappa shape index (κ2) is 8.77. The minimum absolute atomic E-state index is 0.00109. The van der Waals surface area contributed by atoms with Crippen LogP contribution < -0.4 is 14.4 Å². The van der Waals surface area contributed by atoms with E-state index >= 15 is 0 Å². The normalized spacial score (nSPS) is 22.8. The van der Waals surface area contributed by atoms with E-state index in [1.165, 1.54) is 0 Å². The molecule has 1 aromatic heterocycles. The number of rotatable bonds is 9. The lowest BCUT2D eigenvalue weighted by atomic mass is 9.96. The van der Waals surface area contributed by atoms with Crippen LogP contribution in [0, 0.1) is 5.92 Å². The van der Waals surface area contributed by atoms with E-state index in [2.05, 4.69) is 9.97 Å². The Balaban J connectivity index is 1.29. The molecule has 166 valence electrons. The van der Waals surface area contributed by atoms with E-state index < -0.39 is 11.8 Å². The third-order valence-corrected chi connectivity index (χ3v) is 5.78. The smallest absolute Gasteiger partial charge is 0.255 e. The van der Waals surface area contributed by atoms with Crippen molar-refractivity contribution in [3.63, 3.8) is 0 Å². The highest BCUT2D eigenvalue weighted by molar-refractivity contribution is 5.76. The molecule has 1 aliphatic heterocycles. The SMILES string of the molecule is CC(=O)C[C@@H](C)c1ccc(O[C@@H]2CCN(c3nccc(OCC4CC4(F)F)n3)C2)cc1. The summed E-state index contributed by atoms with van der Waals surface area (Å²) in [4.78, 5) is 22.0. The van der Waals surface area contributed by atoms with Crippen LogP contribution in [-0.4, -0.2) is 47.5 Å². The van der Waals surface area contributed by atoms with Crippen molar-refractivity contribution in [2.75, 3.05) is 24.6 Å². The zero-order chi connectivity index (χ0) is 22.0. The molecule has 1 unspecified atom stereocenters. The van der Waals surface area contributed by atoms with Crippen molar-refractivity contribution in [2.45, 2.75) is 51.1 Å². The topological polar surface area (TPSA) is 64.5 Å². The molecule has 2 aromatic rings. The first-order valence-electron chi connectivity index (χ1n) is 10.6. The fourth-order valence-corrected chi connectivity index (χ4v) is 3.82. The molecule has 0 bridgehead atoms. The van der Waals surface area contributed by atoms with Gasteiger partial charge in [-0.2, -0.15) is 4.98 Å². The maximum absolute atomic E-state index is 13.0. The zero-order valence-corrected chi connectivity index (χ0v) is 17.8. The number of hydrogen-bond donors (Lipinski definition) is 0. The van der Waals surface area contributed by atoms with Crippen LogP contribution in [0.5, 0.6) is 11.6 Å². The average Bonchev–Trinajstić information content (AvgIpc) is 3.10. The molecule has 0 spiro atoms. The quantitative estimate of drug-likeness (QED) is 0.591. The molecule has 1 aromatic carbocycles. The van der Waals surface area contributed by atoms with Crippen LogP contribution in [0.1, 0.15) is 44.6 Å². The molecule has 6 nitrogen and oxygen atoms in total. The van der Waals surface area contributed by atoms with E-state index in [1.54, 1.807) is 19.2 Å². The fraction of sp³-hybridized carbons (Fsp3) is 0.522. The summed E-state index contributed by atoms with van der Waals surface area (Å²) >= 11 is 0. The highest BCUT2D eigenvalue weighted by Crippen LogP contribution is 2.48. The van der Waals surface area contributed by atoms with Gasteiger partial charge in [0.15, 0.2) is 0 Å². The van der Waals surface area contributed by atoms with Crippen LogP contribution in [0.3, 0.4) is 0 Å². The molecular weight excluding hydrogens is 404 g/mol. The van der Waals surface area contributed by atoms with Crippen molar-refractivity contribution < 1.29 is 23.0 Å². The van der Waals surface area contributed by atoms with Crippen molar-refractivity contribution in [3.8, 4) is 11.6 Å². The van der Waals surface area contributed by atoms with Crippen molar-refractivity contribution in [1.29, 1.82) is 0 Å². The molecular formula is C23H27F2N3O3. The highest BCUT2D eigenvalue weighted by atomic mass is 19.3. The Morgan fingerprint density at radius 3 is 2.71 bits per heavy atom. The molecule has 31 heavy (non-hydrogen) atoms. The number of alkyl halides is 2. The van der Waals surface area contributed by atoms with Gasteiger partial charge in [-0.3, -0.25) is 0 Å². The summed E-state index contributed by atoms with van der Waals surface area (Å²) in [5.74, 6) is -1.33. The van der Waals surface area contributed by atoms with E-state index in [0.29, 0.717) is 24.8 Å². The van der Waals surface area contributed by atoms with Gasteiger partial charge in [0.05, 0.1) is 19.1 Å². The predicted molar refractivity (Wildman–Crippen MR) is 112 cm³/mol. The first kappa shape index (κ1) is 21.5. The number of anilines is 1. The average molecular weight is 431 g/mol. The van der Waals surface area contributed by atoms with Gasteiger partial charge < -0.3 is 19.2 Å². The molecule has 0 N–H and O–H groups in total. The predicted octanol–water partition coefficient (Wildman–Crippen LogP) is 4.25. The summed E-state index contributed by atoms with van der Waals surface area (Å²) in [6.45, 7) is 4.99. The summed E-state index contributed by atoms with van der Waals surface area (Å²) in [5.41, 5.74) is 1.12. The minimum atomic E-state index is -2.60. The monoisotopic (exact) mass is 431 g/mol. The third kappa shape index (κ3) is 5.48. The number of benzene rings is 1. The molecule has 4 rings (SSSR count). The van der Waals surface area contributed by atoms with Gasteiger partial charge >= 0.3 is 0 Å². The van der Waals surface area contributed by atoms with Gasteiger partial charge in [-0.05, 0) is 30.5 Å². The molecule has 0 amide bonds. The molecule has 1 aliphatic carbocycles. The third-order valence-electron chi connectivity index (χ3n) is 5.78. The lowest BCUT2D eigenvalue weighted by Crippen LogP contribution is -2.26. The lowest BCUT2D eigenvalue weighted by Gasteiger charge is -2.18. The van der Waals surface area contributed by atoms with Crippen LogP contribution in [0.2, 0.25) is 0 Å². The lowest BCUT2D eigenvalue weighted by molar-refractivity contribution is -0.117. The number of ketones is 1. The molecule has 8 heteroatoms. The molecule has 3 atom stereocenters. The van der Waals surface area contributed by atoms with Gasteiger partial charge in [-0.25, -0.2) is 13.8 Å². The van der Waals surface area contributed by atoms with Crippen LogP contribution in [-0.2, 0) is 4.79 Å². The van der Waals surface area contributed by atoms with Gasteiger partial charge in [0.1, 0.15) is 17.6 Å². The number of aromatic nitrogens is 2. The number of halogens is 2. The second-order valence-electron chi connectivity index (χ2n) is 8.52. The van der Waals surface area contributed by atoms with E-state index in [4.69, 9.17) is 9.47 Å². The maximum atomic E-state index is 13.0. The molecule has 0 radical (unpaired) electrons. The van der Waals surface area contributed by atoms with E-state index in [0.717, 1.165) is 24.3 Å². The Morgan fingerprint density at radius 1 is 1.29 bits per heavy atom. The van der Waals surface area contributed by atoms with E-state index in [9.17, 15) is 13.6 Å². The second-order valence-corrected chi connectivity index (χ2v) is 8.52. The number of carbonyl (C=O) groups is 1. The molecule has 2 heterocycles. The van der Waals surface area contributed by atoms with E-state index in [1.807, 2.05) is 36.1 Å². The Bertz CT molecular complexity index is 923. The van der Waals surface area contributed by atoms with Crippen LogP contribution in [0.4, 0.5) is 14.7 Å². The van der Waals surface area contributed by atoms with Gasteiger partial charge in [0, 0.05) is 38.1 Å². The minimum Gasteiger partial charge on any atom is -0.489 e. The van der Waals surface area contributed by atoms with E-state index in [-0.39, 0.29) is 30.8 Å². The van der Waals surface area contributed by atoms with Crippen LogP contribution in [0.15, 0.2) is 36.5 Å². The number of Topliss-reactive ketones (excluding diaryl/α,β-unsaturated/α-hetero) is 1. The van der Waals surface area contributed by atoms with Gasteiger partial charge in [-0.1, -0.05) is 19.1 Å². The summed E-state index contributed by atoms with van der Waals surface area (Å²) in [7, 11) is 0. The molecule has 1 saturated heterocycles. The number of hydrogen-bond acceptors (Lipinski definition) is 6. The Kier molecular flexibility index (Phi) is 6.07. The number of carbonyl (C=O) groups excluding carboxylic acids is 1. The van der Waals surface area contributed by atoms with Crippen molar-refractivity contribution in [1.82, 2.24) is 9.97 Å². The summed E-state index contributed by atoms with van der Waals surface area (Å²) in [6.07, 6.45) is 2.82. The molecule has 2 fully saturated rings. The van der Waals surface area contributed by atoms with Crippen molar-refractivity contribution >= 4 is 11.7 Å². The largest absolute Gasteiger partial charge is 0.489 e. The first-order chi connectivity index (χ1) is 14.8. The number of ether oxygens (including phenoxy) is 2.